The molecular formula is C15H25N3O. The molecule has 1 amide bonds. The molecule has 0 saturated carbocycles. The molecule has 2 N–H and O–H groups in total. The maximum absolute atomic E-state index is 12.0. The molecule has 0 radical (unpaired) electrons. The van der Waals surface area contributed by atoms with E-state index in [4.69, 9.17) is 0 Å². The highest BCUT2D eigenvalue weighted by atomic mass is 16.2. The van der Waals surface area contributed by atoms with Crippen molar-refractivity contribution in [3.8, 4) is 0 Å². The van der Waals surface area contributed by atoms with E-state index >= 15 is 0 Å². The number of nitrogens with one attached hydrogen (secondary N) is 2. The molecule has 19 heavy (non-hydrogen) atoms. The minimum absolute atomic E-state index is 0.0573. The summed E-state index contributed by atoms with van der Waals surface area (Å²) in [4.78, 5) is 16.0. The van der Waals surface area contributed by atoms with Crippen LogP contribution in [0.2, 0.25) is 0 Å². The summed E-state index contributed by atoms with van der Waals surface area (Å²) >= 11 is 0. The van der Waals surface area contributed by atoms with Crippen LogP contribution >= 0.6 is 0 Å². The van der Waals surface area contributed by atoms with E-state index in [0.717, 1.165) is 18.4 Å². The van der Waals surface area contributed by atoms with Gasteiger partial charge in [-0.2, -0.15) is 0 Å². The zero-order chi connectivity index (χ0) is 14.3. The summed E-state index contributed by atoms with van der Waals surface area (Å²) in [6.45, 7) is 8.11. The zero-order valence-corrected chi connectivity index (χ0v) is 12.3. The summed E-state index contributed by atoms with van der Waals surface area (Å²) in [5.74, 6) is 0.0573. The van der Waals surface area contributed by atoms with Crippen molar-refractivity contribution in [2.75, 3.05) is 0 Å². The lowest BCUT2D eigenvalue weighted by atomic mass is 10.1. The summed E-state index contributed by atoms with van der Waals surface area (Å²) in [5, 5.41) is 6.33. The molecule has 1 rings (SSSR count). The van der Waals surface area contributed by atoms with Crippen molar-refractivity contribution in [1.29, 1.82) is 0 Å². The van der Waals surface area contributed by atoms with Gasteiger partial charge in [0.2, 0.25) is 5.91 Å². The summed E-state index contributed by atoms with van der Waals surface area (Å²) in [5.41, 5.74) is 1.14. The van der Waals surface area contributed by atoms with E-state index < -0.39 is 0 Å². The Hall–Kier alpha value is -1.42. The number of hydrogen-bond donors (Lipinski definition) is 2. The fourth-order valence-electron chi connectivity index (χ4n) is 2.07. The molecule has 106 valence electrons. The highest BCUT2D eigenvalue weighted by Crippen LogP contribution is 2.11. The van der Waals surface area contributed by atoms with Crippen LogP contribution in [0.3, 0.4) is 0 Å². The van der Waals surface area contributed by atoms with Gasteiger partial charge >= 0.3 is 0 Å². The molecule has 1 heterocycles. The van der Waals surface area contributed by atoms with Gasteiger partial charge in [0.25, 0.3) is 0 Å². The van der Waals surface area contributed by atoms with Crippen LogP contribution in [0.4, 0.5) is 0 Å². The lowest BCUT2D eigenvalue weighted by Gasteiger charge is -2.22. The first-order valence-electron chi connectivity index (χ1n) is 7.01. The van der Waals surface area contributed by atoms with Crippen molar-refractivity contribution in [1.82, 2.24) is 15.6 Å². The topological polar surface area (TPSA) is 54.0 Å². The third kappa shape index (κ3) is 5.39. The number of carbonyl (C=O) groups excluding carboxylic acids is 1. The van der Waals surface area contributed by atoms with Crippen LogP contribution in [0.25, 0.3) is 0 Å². The number of pyridine rings is 1. The van der Waals surface area contributed by atoms with Crippen LogP contribution in [-0.4, -0.2) is 23.0 Å². The fourth-order valence-corrected chi connectivity index (χ4v) is 2.07. The van der Waals surface area contributed by atoms with E-state index in [1.165, 1.54) is 0 Å². The molecule has 3 atom stereocenters. The van der Waals surface area contributed by atoms with Gasteiger partial charge in [-0.3, -0.25) is 15.1 Å². The summed E-state index contributed by atoms with van der Waals surface area (Å²) < 4.78 is 0. The third-order valence-corrected chi connectivity index (χ3v) is 3.21. The Balaban J connectivity index is 2.45. The molecule has 0 aliphatic heterocycles. The lowest BCUT2D eigenvalue weighted by Crippen LogP contribution is -2.46. The first-order valence-corrected chi connectivity index (χ1v) is 7.01. The molecule has 0 aliphatic rings. The number of carbonyl (C=O) groups is 1. The molecule has 0 fully saturated rings. The predicted molar refractivity (Wildman–Crippen MR) is 77.8 cm³/mol. The van der Waals surface area contributed by atoms with E-state index in [1.54, 1.807) is 12.4 Å². The number of hydrogen-bond acceptors (Lipinski definition) is 3. The summed E-state index contributed by atoms with van der Waals surface area (Å²) in [6.07, 6.45) is 5.62. The van der Waals surface area contributed by atoms with Crippen molar-refractivity contribution in [3.05, 3.63) is 30.1 Å². The van der Waals surface area contributed by atoms with Gasteiger partial charge in [-0.15, -0.1) is 0 Å². The molecule has 1 aromatic heterocycles. The zero-order valence-electron chi connectivity index (χ0n) is 12.3. The Morgan fingerprint density at radius 3 is 2.47 bits per heavy atom. The fraction of sp³-hybridized carbons (Fsp3) is 0.600. The summed E-state index contributed by atoms with van der Waals surface area (Å²) in [6, 6.07) is 4.08. The molecule has 0 saturated heterocycles. The van der Waals surface area contributed by atoms with Gasteiger partial charge in [0.15, 0.2) is 0 Å². The molecule has 0 spiro atoms. The lowest BCUT2D eigenvalue weighted by molar-refractivity contribution is -0.123. The van der Waals surface area contributed by atoms with E-state index in [-0.39, 0.29) is 24.0 Å². The number of rotatable bonds is 7. The smallest absolute Gasteiger partial charge is 0.237 e. The quantitative estimate of drug-likeness (QED) is 0.794. The first-order chi connectivity index (χ1) is 9.04. The van der Waals surface area contributed by atoms with Crippen molar-refractivity contribution < 1.29 is 4.79 Å². The Morgan fingerprint density at radius 1 is 1.26 bits per heavy atom. The van der Waals surface area contributed by atoms with Crippen LogP contribution in [0.1, 0.15) is 52.1 Å². The van der Waals surface area contributed by atoms with Crippen molar-refractivity contribution in [2.24, 2.45) is 0 Å². The summed E-state index contributed by atoms with van der Waals surface area (Å²) in [7, 11) is 0. The van der Waals surface area contributed by atoms with Crippen LogP contribution < -0.4 is 10.6 Å². The van der Waals surface area contributed by atoms with E-state index in [9.17, 15) is 4.79 Å². The molecule has 4 nitrogen and oxygen atoms in total. The standard InChI is InChI=1S/C15H25N3O/c1-5-6-11(2)17-15(19)13(4)18-12(3)14-7-9-16-10-8-14/h7-13,18H,5-6H2,1-4H3,(H,17,19)/t11?,12-,13?/m1/s1. The SMILES string of the molecule is CCCC(C)NC(=O)C(C)N[C@H](C)c1ccncc1. The van der Waals surface area contributed by atoms with Gasteiger partial charge in [0.1, 0.15) is 0 Å². The molecule has 0 aliphatic carbocycles. The Morgan fingerprint density at radius 2 is 1.89 bits per heavy atom. The van der Waals surface area contributed by atoms with Crippen molar-refractivity contribution in [2.45, 2.75) is 58.7 Å². The van der Waals surface area contributed by atoms with Crippen LogP contribution in [-0.2, 0) is 4.79 Å². The average Bonchev–Trinajstić information content (AvgIpc) is 2.39. The van der Waals surface area contributed by atoms with Gasteiger partial charge in [-0.05, 0) is 44.9 Å². The first kappa shape index (κ1) is 15.6. The molecule has 1 aromatic rings. The number of nitrogens with zero attached hydrogens (tertiary/aromatic N) is 1. The van der Waals surface area contributed by atoms with E-state index in [0.29, 0.717) is 0 Å². The molecular weight excluding hydrogens is 238 g/mol. The van der Waals surface area contributed by atoms with Gasteiger partial charge in [-0.1, -0.05) is 13.3 Å². The largest absolute Gasteiger partial charge is 0.352 e. The van der Waals surface area contributed by atoms with Gasteiger partial charge in [0, 0.05) is 24.5 Å². The maximum atomic E-state index is 12.0. The number of amides is 1. The second kappa shape index (κ2) is 7.89. The molecule has 4 heteroatoms. The Bertz CT molecular complexity index is 380. The van der Waals surface area contributed by atoms with Gasteiger partial charge in [-0.25, -0.2) is 0 Å². The molecule has 2 unspecified atom stereocenters. The highest BCUT2D eigenvalue weighted by Gasteiger charge is 2.17. The van der Waals surface area contributed by atoms with Crippen LogP contribution in [0.5, 0.6) is 0 Å². The highest BCUT2D eigenvalue weighted by molar-refractivity contribution is 5.81. The monoisotopic (exact) mass is 263 g/mol. The second-order valence-electron chi connectivity index (χ2n) is 5.09. The van der Waals surface area contributed by atoms with Crippen molar-refractivity contribution in [3.63, 3.8) is 0 Å². The minimum atomic E-state index is -0.206. The third-order valence-electron chi connectivity index (χ3n) is 3.21. The molecule has 0 bridgehead atoms. The second-order valence-corrected chi connectivity index (χ2v) is 5.09. The van der Waals surface area contributed by atoms with Crippen molar-refractivity contribution >= 4 is 5.91 Å². The van der Waals surface area contributed by atoms with Crippen LogP contribution in [0.15, 0.2) is 24.5 Å². The van der Waals surface area contributed by atoms with Gasteiger partial charge in [0.05, 0.1) is 6.04 Å². The van der Waals surface area contributed by atoms with E-state index in [2.05, 4.69) is 29.5 Å². The van der Waals surface area contributed by atoms with Crippen LogP contribution in [0, 0.1) is 0 Å². The Kier molecular flexibility index (Phi) is 6.50. The predicted octanol–water partition coefficient (Wildman–Crippen LogP) is 2.43. The number of aromatic nitrogens is 1. The normalized spacial score (nSPS) is 15.6. The molecule has 0 aromatic carbocycles. The van der Waals surface area contributed by atoms with Gasteiger partial charge < -0.3 is 5.32 Å². The maximum Gasteiger partial charge on any atom is 0.237 e. The average molecular weight is 263 g/mol. The van der Waals surface area contributed by atoms with E-state index in [1.807, 2.05) is 26.0 Å². The Labute approximate surface area is 116 Å². The minimum Gasteiger partial charge on any atom is -0.352 e.